The van der Waals surface area contributed by atoms with Gasteiger partial charge in [-0.3, -0.25) is 0 Å². The van der Waals surface area contributed by atoms with Crippen molar-refractivity contribution in [3.63, 3.8) is 0 Å². The zero-order valence-corrected chi connectivity index (χ0v) is 11.4. The summed E-state index contributed by atoms with van der Waals surface area (Å²) in [7, 11) is 5.70. The van der Waals surface area contributed by atoms with Crippen LogP contribution in [0.2, 0.25) is 0 Å². The van der Waals surface area contributed by atoms with Crippen LogP contribution in [0.15, 0.2) is 12.1 Å². The molecule has 0 aliphatic heterocycles. The molecule has 6 heteroatoms. The van der Waals surface area contributed by atoms with Crippen LogP contribution in [0.5, 0.6) is 17.2 Å². The molecule has 0 aliphatic carbocycles. The zero-order valence-electron chi connectivity index (χ0n) is 11.4. The molecule has 0 amide bonds. The van der Waals surface area contributed by atoms with Crippen LogP contribution in [-0.4, -0.2) is 45.6 Å². The average Bonchev–Trinajstić information content (AvgIpc) is 2.45. The Bertz CT molecular complexity index is 443. The van der Waals surface area contributed by atoms with Crippen LogP contribution in [0.1, 0.15) is 5.56 Å². The SMILES string of the molecule is COC(=O)C(O)Cc1ccc(OC)c(OC)c1OC. The molecule has 19 heavy (non-hydrogen) atoms. The number of aliphatic hydroxyl groups excluding tert-OH is 1. The second kappa shape index (κ2) is 6.84. The Kier molecular flexibility index (Phi) is 5.44. The predicted octanol–water partition coefficient (Wildman–Crippen LogP) is 0.789. The lowest BCUT2D eigenvalue weighted by molar-refractivity contribution is -0.150. The lowest BCUT2D eigenvalue weighted by atomic mass is 10.1. The molecule has 0 spiro atoms. The minimum Gasteiger partial charge on any atom is -0.493 e. The van der Waals surface area contributed by atoms with E-state index in [1.807, 2.05) is 0 Å². The van der Waals surface area contributed by atoms with Crippen LogP contribution in [-0.2, 0) is 16.0 Å². The summed E-state index contributed by atoms with van der Waals surface area (Å²) >= 11 is 0. The van der Waals surface area contributed by atoms with E-state index in [0.717, 1.165) is 0 Å². The first-order valence-corrected chi connectivity index (χ1v) is 5.62. The van der Waals surface area contributed by atoms with Crippen molar-refractivity contribution in [2.75, 3.05) is 28.4 Å². The van der Waals surface area contributed by atoms with Crippen LogP contribution in [0.4, 0.5) is 0 Å². The fraction of sp³-hybridized carbons (Fsp3) is 0.462. The lowest BCUT2D eigenvalue weighted by Gasteiger charge is -2.16. The highest BCUT2D eigenvalue weighted by Gasteiger charge is 2.21. The number of aliphatic hydroxyl groups is 1. The number of rotatable bonds is 6. The van der Waals surface area contributed by atoms with E-state index in [1.165, 1.54) is 28.4 Å². The minimum absolute atomic E-state index is 0.0657. The van der Waals surface area contributed by atoms with Crippen LogP contribution in [0.25, 0.3) is 0 Å². The van der Waals surface area contributed by atoms with Gasteiger partial charge < -0.3 is 24.1 Å². The Morgan fingerprint density at radius 3 is 2.21 bits per heavy atom. The smallest absolute Gasteiger partial charge is 0.335 e. The van der Waals surface area contributed by atoms with E-state index in [9.17, 15) is 9.90 Å². The van der Waals surface area contributed by atoms with Crippen LogP contribution in [0, 0.1) is 0 Å². The number of esters is 1. The van der Waals surface area contributed by atoms with Gasteiger partial charge >= 0.3 is 5.97 Å². The predicted molar refractivity (Wildman–Crippen MR) is 67.8 cm³/mol. The van der Waals surface area contributed by atoms with Gasteiger partial charge in [0.05, 0.1) is 28.4 Å². The molecule has 6 nitrogen and oxygen atoms in total. The number of carbonyl (C=O) groups excluding carboxylic acids is 1. The number of methoxy groups -OCH3 is 4. The quantitative estimate of drug-likeness (QED) is 0.770. The maximum atomic E-state index is 11.2. The summed E-state index contributed by atoms with van der Waals surface area (Å²) in [4.78, 5) is 11.2. The van der Waals surface area contributed by atoms with Gasteiger partial charge in [-0.2, -0.15) is 0 Å². The average molecular weight is 270 g/mol. The van der Waals surface area contributed by atoms with E-state index in [1.54, 1.807) is 12.1 Å². The monoisotopic (exact) mass is 270 g/mol. The summed E-state index contributed by atoms with van der Waals surface area (Å²) in [5.41, 5.74) is 0.623. The van der Waals surface area contributed by atoms with Gasteiger partial charge in [0, 0.05) is 12.0 Å². The molecule has 0 bridgehead atoms. The van der Waals surface area contributed by atoms with Crippen molar-refractivity contribution < 1.29 is 28.8 Å². The molecule has 1 unspecified atom stereocenters. The molecule has 0 saturated heterocycles. The second-order valence-electron chi connectivity index (χ2n) is 3.74. The highest BCUT2D eigenvalue weighted by atomic mass is 16.5. The number of hydrogen-bond acceptors (Lipinski definition) is 6. The molecule has 1 aromatic rings. The molecule has 1 rings (SSSR count). The third-order valence-corrected chi connectivity index (χ3v) is 2.67. The third-order valence-electron chi connectivity index (χ3n) is 2.67. The Morgan fingerprint density at radius 2 is 1.74 bits per heavy atom. The molecule has 0 heterocycles. The lowest BCUT2D eigenvalue weighted by Crippen LogP contribution is -2.24. The van der Waals surface area contributed by atoms with Crippen LogP contribution in [0.3, 0.4) is 0 Å². The van der Waals surface area contributed by atoms with Crippen molar-refractivity contribution in [1.29, 1.82) is 0 Å². The standard InChI is InChI=1S/C13H18O6/c1-16-10-6-5-8(7-9(14)13(15)19-4)11(17-2)12(10)18-3/h5-6,9,14H,7H2,1-4H3. The van der Waals surface area contributed by atoms with Gasteiger partial charge in [-0.25, -0.2) is 4.79 Å². The number of benzene rings is 1. The molecule has 1 aromatic carbocycles. The summed E-state index contributed by atoms with van der Waals surface area (Å²) in [6, 6.07) is 3.38. The molecular weight excluding hydrogens is 252 g/mol. The molecule has 1 N–H and O–H groups in total. The fourth-order valence-corrected chi connectivity index (χ4v) is 1.75. The maximum absolute atomic E-state index is 11.2. The van der Waals surface area contributed by atoms with E-state index < -0.39 is 12.1 Å². The topological polar surface area (TPSA) is 74.2 Å². The molecule has 0 aliphatic rings. The third kappa shape index (κ3) is 3.29. The Morgan fingerprint density at radius 1 is 1.11 bits per heavy atom. The normalized spacial score (nSPS) is 11.6. The summed E-state index contributed by atoms with van der Waals surface area (Å²) in [5.74, 6) is 0.650. The molecule has 1 atom stereocenters. The van der Waals surface area contributed by atoms with Crippen LogP contribution < -0.4 is 14.2 Å². The Hall–Kier alpha value is -1.95. The Labute approximate surface area is 111 Å². The molecule has 0 radical (unpaired) electrons. The van der Waals surface area contributed by atoms with E-state index in [4.69, 9.17) is 14.2 Å². The number of carbonyl (C=O) groups is 1. The highest BCUT2D eigenvalue weighted by molar-refractivity contribution is 5.75. The van der Waals surface area contributed by atoms with Crippen molar-refractivity contribution in [3.8, 4) is 17.2 Å². The van der Waals surface area contributed by atoms with Gasteiger partial charge in [-0.15, -0.1) is 0 Å². The summed E-state index contributed by atoms with van der Waals surface area (Å²) in [6.45, 7) is 0. The van der Waals surface area contributed by atoms with E-state index in [-0.39, 0.29) is 6.42 Å². The molecule has 106 valence electrons. The summed E-state index contributed by atoms with van der Waals surface area (Å²) in [5, 5.41) is 9.68. The van der Waals surface area contributed by atoms with Crippen molar-refractivity contribution >= 4 is 5.97 Å². The largest absolute Gasteiger partial charge is 0.493 e. The number of ether oxygens (including phenoxy) is 4. The fourth-order valence-electron chi connectivity index (χ4n) is 1.75. The van der Waals surface area contributed by atoms with Gasteiger partial charge in [0.1, 0.15) is 0 Å². The molecular formula is C13H18O6. The zero-order chi connectivity index (χ0) is 14.4. The van der Waals surface area contributed by atoms with Crippen molar-refractivity contribution in [2.45, 2.75) is 12.5 Å². The minimum atomic E-state index is -1.25. The van der Waals surface area contributed by atoms with Gasteiger partial charge in [0.15, 0.2) is 17.6 Å². The summed E-state index contributed by atoms with van der Waals surface area (Å²) < 4.78 is 20.1. The second-order valence-corrected chi connectivity index (χ2v) is 3.74. The molecule has 0 aromatic heterocycles. The first-order valence-electron chi connectivity index (χ1n) is 5.62. The van der Waals surface area contributed by atoms with E-state index in [0.29, 0.717) is 22.8 Å². The number of hydrogen-bond donors (Lipinski definition) is 1. The van der Waals surface area contributed by atoms with Gasteiger partial charge in [-0.05, 0) is 6.07 Å². The van der Waals surface area contributed by atoms with Gasteiger partial charge in [0.2, 0.25) is 5.75 Å². The van der Waals surface area contributed by atoms with Crippen molar-refractivity contribution in [3.05, 3.63) is 17.7 Å². The van der Waals surface area contributed by atoms with E-state index >= 15 is 0 Å². The van der Waals surface area contributed by atoms with Crippen LogP contribution >= 0.6 is 0 Å². The Balaban J connectivity index is 3.11. The van der Waals surface area contributed by atoms with Gasteiger partial charge in [-0.1, -0.05) is 6.07 Å². The highest BCUT2D eigenvalue weighted by Crippen LogP contribution is 2.40. The van der Waals surface area contributed by atoms with E-state index in [2.05, 4.69) is 4.74 Å². The van der Waals surface area contributed by atoms with Gasteiger partial charge in [0.25, 0.3) is 0 Å². The first kappa shape index (κ1) is 15.1. The summed E-state index contributed by atoms with van der Waals surface area (Å²) in [6.07, 6.45) is -1.19. The van der Waals surface area contributed by atoms with Crippen molar-refractivity contribution in [2.24, 2.45) is 0 Å². The molecule has 0 fully saturated rings. The van der Waals surface area contributed by atoms with Crippen molar-refractivity contribution in [1.82, 2.24) is 0 Å². The maximum Gasteiger partial charge on any atom is 0.335 e. The first-order chi connectivity index (χ1) is 9.08. The molecule has 0 saturated carbocycles.